The highest BCUT2D eigenvalue weighted by Crippen LogP contribution is 2.43. The first-order chi connectivity index (χ1) is 5.46. The van der Waals surface area contributed by atoms with Crippen molar-refractivity contribution in [3.8, 4) is 0 Å². The summed E-state index contributed by atoms with van der Waals surface area (Å²) in [4.78, 5) is 1.63. The van der Waals surface area contributed by atoms with E-state index in [0.29, 0.717) is 14.5 Å². The van der Waals surface area contributed by atoms with Crippen molar-refractivity contribution < 1.29 is 0 Å². The first-order valence-electron chi connectivity index (χ1n) is 3.31. The molecule has 0 bridgehead atoms. The molecule has 0 N–H and O–H groups in total. The van der Waals surface area contributed by atoms with Crippen molar-refractivity contribution in [2.45, 2.75) is 29.5 Å². The second-order valence-electron chi connectivity index (χ2n) is 2.67. The number of halogens is 6. The summed E-state index contributed by atoms with van der Waals surface area (Å²) in [5.74, 6) is 0. The Kier molecular flexibility index (Phi) is 5.48. The van der Waals surface area contributed by atoms with Crippen LogP contribution in [0.2, 0.25) is 0 Å². The monoisotopic (exact) mass is 508 g/mol. The highest BCUT2D eigenvalue weighted by Gasteiger charge is 2.45. The van der Waals surface area contributed by atoms with E-state index in [1.807, 2.05) is 0 Å². The van der Waals surface area contributed by atoms with Gasteiger partial charge in [-0.15, -0.1) is 11.6 Å². The predicted octanol–water partition coefficient (Wildman–Crippen LogP) is 4.42. The maximum absolute atomic E-state index is 6.20. The Morgan fingerprint density at radius 3 is 1.17 bits per heavy atom. The summed E-state index contributed by atoms with van der Waals surface area (Å²) in [5.41, 5.74) is 0. The molecule has 1 saturated carbocycles. The third-order valence-corrected chi connectivity index (χ3v) is 11.5. The van der Waals surface area contributed by atoms with E-state index in [2.05, 4.69) is 79.6 Å². The molecule has 0 aromatic heterocycles. The minimum atomic E-state index is 0.0903. The van der Waals surface area contributed by atoms with Crippen LogP contribution in [-0.2, 0) is 0 Å². The second-order valence-corrected chi connectivity index (χ2v) is 8.46. The third kappa shape index (κ3) is 2.43. The van der Waals surface area contributed by atoms with Crippen molar-refractivity contribution in [3.05, 3.63) is 0 Å². The Balaban J connectivity index is 2.76. The lowest BCUT2D eigenvalue weighted by Gasteiger charge is -2.39. The molecule has 12 heavy (non-hydrogen) atoms. The molecule has 0 amide bonds. The molecule has 1 aliphatic carbocycles. The van der Waals surface area contributed by atoms with Gasteiger partial charge in [0, 0.05) is 24.1 Å². The highest BCUT2D eigenvalue weighted by atomic mass is 79.9. The molecule has 6 atom stereocenters. The predicted molar refractivity (Wildman–Crippen MR) is 73.2 cm³/mol. The minimum absolute atomic E-state index is 0.0903. The van der Waals surface area contributed by atoms with Crippen molar-refractivity contribution in [1.29, 1.82) is 0 Å². The van der Waals surface area contributed by atoms with E-state index in [-0.39, 0.29) is 15.0 Å². The molecule has 72 valence electrons. The fourth-order valence-corrected chi connectivity index (χ4v) is 6.65. The van der Waals surface area contributed by atoms with Crippen molar-refractivity contribution in [3.63, 3.8) is 0 Å². The molecular weight excluding hydrogens is 507 g/mol. The van der Waals surface area contributed by atoms with E-state index in [1.54, 1.807) is 0 Å². The smallest absolute Gasteiger partial charge is 0.0608 e. The highest BCUT2D eigenvalue weighted by molar-refractivity contribution is 9.15. The number of hydrogen-bond donors (Lipinski definition) is 0. The van der Waals surface area contributed by atoms with Gasteiger partial charge in [-0.2, -0.15) is 0 Å². The first kappa shape index (κ1) is 12.8. The van der Waals surface area contributed by atoms with Crippen LogP contribution in [0.5, 0.6) is 0 Å². The van der Waals surface area contributed by atoms with Gasteiger partial charge in [-0.3, -0.25) is 0 Å². The summed E-state index contributed by atoms with van der Waals surface area (Å²) in [6.07, 6.45) is 0. The minimum Gasteiger partial charge on any atom is -0.120 e. The zero-order valence-corrected chi connectivity index (χ0v) is 14.4. The molecular formula is C6H6Br5Cl. The SMILES string of the molecule is ClC1[C@@H](Br)[C@H](Br)C(Br)[C@@H](Br)[C@H]1Br. The van der Waals surface area contributed by atoms with Gasteiger partial charge in [0.2, 0.25) is 0 Å². The van der Waals surface area contributed by atoms with Crippen LogP contribution in [0.1, 0.15) is 0 Å². The molecule has 0 aliphatic heterocycles. The maximum atomic E-state index is 6.20. The average Bonchev–Trinajstić information content (AvgIpc) is 2.08. The number of hydrogen-bond acceptors (Lipinski definition) is 0. The van der Waals surface area contributed by atoms with Gasteiger partial charge in [-0.25, -0.2) is 0 Å². The summed E-state index contributed by atoms with van der Waals surface area (Å²) in [6.45, 7) is 0. The van der Waals surface area contributed by atoms with Gasteiger partial charge < -0.3 is 0 Å². The van der Waals surface area contributed by atoms with E-state index < -0.39 is 0 Å². The van der Waals surface area contributed by atoms with Crippen LogP contribution < -0.4 is 0 Å². The van der Waals surface area contributed by atoms with Gasteiger partial charge in [0.15, 0.2) is 0 Å². The molecule has 2 unspecified atom stereocenters. The second kappa shape index (κ2) is 5.15. The van der Waals surface area contributed by atoms with Gasteiger partial charge in [0.25, 0.3) is 0 Å². The Morgan fingerprint density at radius 2 is 0.833 bits per heavy atom. The molecule has 1 rings (SSSR count). The average molecular weight is 513 g/mol. The van der Waals surface area contributed by atoms with Crippen LogP contribution in [-0.4, -0.2) is 29.5 Å². The summed E-state index contributed by atoms with van der Waals surface area (Å²) < 4.78 is 0. The lowest BCUT2D eigenvalue weighted by atomic mass is 9.99. The Hall–Kier alpha value is 2.69. The first-order valence-corrected chi connectivity index (χ1v) is 8.32. The normalized spacial score (nSPS) is 55.5. The van der Waals surface area contributed by atoms with Crippen molar-refractivity contribution in [2.24, 2.45) is 0 Å². The Morgan fingerprint density at radius 1 is 0.583 bits per heavy atom. The largest absolute Gasteiger partial charge is 0.120 e. The van der Waals surface area contributed by atoms with Crippen LogP contribution in [0.15, 0.2) is 0 Å². The van der Waals surface area contributed by atoms with Crippen LogP contribution in [0.3, 0.4) is 0 Å². The summed E-state index contributed by atoms with van der Waals surface area (Å²) in [7, 11) is 0. The molecule has 0 radical (unpaired) electrons. The number of alkyl halides is 6. The third-order valence-electron chi connectivity index (χ3n) is 1.83. The summed E-state index contributed by atoms with van der Waals surface area (Å²) >= 11 is 24.1. The molecule has 6 heteroatoms. The van der Waals surface area contributed by atoms with Crippen LogP contribution in [0.4, 0.5) is 0 Å². The van der Waals surface area contributed by atoms with E-state index >= 15 is 0 Å². The molecule has 0 aromatic carbocycles. The van der Waals surface area contributed by atoms with E-state index in [1.165, 1.54) is 0 Å². The summed E-state index contributed by atoms with van der Waals surface area (Å²) in [5, 5.41) is 0.0903. The van der Waals surface area contributed by atoms with Crippen molar-refractivity contribution in [2.75, 3.05) is 0 Å². The van der Waals surface area contributed by atoms with Gasteiger partial charge in [-0.1, -0.05) is 79.6 Å². The van der Waals surface area contributed by atoms with Crippen molar-refractivity contribution >= 4 is 91.3 Å². The topological polar surface area (TPSA) is 0 Å². The van der Waals surface area contributed by atoms with E-state index in [4.69, 9.17) is 11.6 Å². The quantitative estimate of drug-likeness (QED) is 0.421. The fourth-order valence-electron chi connectivity index (χ4n) is 1.05. The van der Waals surface area contributed by atoms with E-state index in [9.17, 15) is 0 Å². The lowest BCUT2D eigenvalue weighted by molar-refractivity contribution is 0.600. The number of rotatable bonds is 0. The lowest BCUT2D eigenvalue weighted by Crippen LogP contribution is -2.50. The summed E-state index contributed by atoms with van der Waals surface area (Å²) in [6, 6.07) is 0. The Bertz CT molecular complexity index is 107. The van der Waals surface area contributed by atoms with Crippen LogP contribution in [0.25, 0.3) is 0 Å². The molecule has 0 heterocycles. The zero-order chi connectivity index (χ0) is 9.46. The van der Waals surface area contributed by atoms with Crippen LogP contribution in [0, 0.1) is 0 Å². The van der Waals surface area contributed by atoms with Crippen LogP contribution >= 0.6 is 91.3 Å². The van der Waals surface area contributed by atoms with Gasteiger partial charge >= 0.3 is 0 Å². The van der Waals surface area contributed by atoms with Gasteiger partial charge in [-0.05, 0) is 0 Å². The zero-order valence-electron chi connectivity index (χ0n) is 5.73. The molecule has 1 aliphatic rings. The van der Waals surface area contributed by atoms with Gasteiger partial charge in [0.05, 0.1) is 5.38 Å². The van der Waals surface area contributed by atoms with Gasteiger partial charge in [0.1, 0.15) is 0 Å². The standard InChI is InChI=1S/C6H6Br5Cl/c7-1-2(8)4(10)6(12)5(11)3(1)9/h1-6H/t1?,2-,3-,4-,5+,6?/m1/s1. The van der Waals surface area contributed by atoms with E-state index in [0.717, 1.165) is 0 Å². The molecule has 0 aromatic rings. The fraction of sp³-hybridized carbons (Fsp3) is 1.00. The van der Waals surface area contributed by atoms with Crippen molar-refractivity contribution in [1.82, 2.24) is 0 Å². The molecule has 0 saturated heterocycles. The molecule has 0 nitrogen and oxygen atoms in total. The Labute approximate surface area is 119 Å². The molecule has 1 fully saturated rings. The molecule has 0 spiro atoms. The maximum Gasteiger partial charge on any atom is 0.0608 e.